The third-order valence-corrected chi connectivity index (χ3v) is 1.74. The van der Waals surface area contributed by atoms with Gasteiger partial charge in [0.25, 0.3) is 0 Å². The van der Waals surface area contributed by atoms with Crippen molar-refractivity contribution in [2.45, 2.75) is 19.8 Å². The highest BCUT2D eigenvalue weighted by Gasteiger charge is 2.04. The van der Waals surface area contributed by atoms with Crippen molar-refractivity contribution < 1.29 is 4.74 Å². The molecule has 15 heavy (non-hydrogen) atoms. The lowest BCUT2D eigenvalue weighted by Crippen LogP contribution is -2.14. The van der Waals surface area contributed by atoms with Gasteiger partial charge >= 0.3 is 6.01 Å². The first-order valence-electron chi connectivity index (χ1n) is 4.80. The van der Waals surface area contributed by atoms with Crippen molar-refractivity contribution in [1.29, 1.82) is 0 Å². The minimum absolute atomic E-state index is 0.233. The molecule has 0 aliphatic carbocycles. The maximum atomic E-state index is 5.21. The second kappa shape index (κ2) is 5.97. The van der Waals surface area contributed by atoms with E-state index in [1.54, 1.807) is 0 Å². The second-order valence-corrected chi connectivity index (χ2v) is 2.89. The summed E-state index contributed by atoms with van der Waals surface area (Å²) in [5, 5.41) is 3.06. The predicted molar refractivity (Wildman–Crippen MR) is 57.6 cm³/mol. The molecule has 0 bridgehead atoms. The number of hydrazine groups is 1. The van der Waals surface area contributed by atoms with Crippen molar-refractivity contribution in [2.75, 3.05) is 24.4 Å². The van der Waals surface area contributed by atoms with Gasteiger partial charge in [0.1, 0.15) is 0 Å². The van der Waals surface area contributed by atoms with E-state index in [0.717, 1.165) is 19.4 Å². The molecule has 0 unspecified atom stereocenters. The molecule has 0 atom stereocenters. The largest absolute Gasteiger partial charge is 0.467 e. The normalized spacial score (nSPS) is 9.80. The number of nitrogens with zero attached hydrogens (tertiary/aromatic N) is 3. The first-order valence-corrected chi connectivity index (χ1v) is 4.80. The van der Waals surface area contributed by atoms with Gasteiger partial charge in [0.15, 0.2) is 0 Å². The maximum absolute atomic E-state index is 5.21. The Morgan fingerprint density at radius 1 is 1.27 bits per heavy atom. The average Bonchev–Trinajstić information content (AvgIpc) is 2.29. The van der Waals surface area contributed by atoms with E-state index in [0.29, 0.717) is 5.95 Å². The van der Waals surface area contributed by atoms with E-state index in [-0.39, 0.29) is 12.0 Å². The standard InChI is InChI=1S/C8H16N6O/c1-3-4-5-10-6-11-7(14-9)13-8(12-6)15-2/h3-5,9H2,1-2H3,(H2,10,11,12,13,14). The van der Waals surface area contributed by atoms with Crippen molar-refractivity contribution in [1.82, 2.24) is 15.0 Å². The minimum Gasteiger partial charge on any atom is -0.467 e. The Morgan fingerprint density at radius 3 is 2.60 bits per heavy atom. The monoisotopic (exact) mass is 212 g/mol. The van der Waals surface area contributed by atoms with Crippen LogP contribution in [0.2, 0.25) is 0 Å². The number of rotatable bonds is 6. The van der Waals surface area contributed by atoms with Crippen LogP contribution in [-0.4, -0.2) is 28.6 Å². The van der Waals surface area contributed by atoms with Crippen LogP contribution in [-0.2, 0) is 0 Å². The second-order valence-electron chi connectivity index (χ2n) is 2.89. The Kier molecular flexibility index (Phi) is 4.55. The molecule has 7 nitrogen and oxygen atoms in total. The SMILES string of the molecule is CCCCNc1nc(NN)nc(OC)n1. The van der Waals surface area contributed by atoms with Gasteiger partial charge in [-0.25, -0.2) is 5.84 Å². The topological polar surface area (TPSA) is 98.0 Å². The number of hydrogen-bond donors (Lipinski definition) is 3. The number of ether oxygens (including phenoxy) is 1. The summed E-state index contributed by atoms with van der Waals surface area (Å²) in [7, 11) is 1.49. The van der Waals surface area contributed by atoms with Gasteiger partial charge in [0.05, 0.1) is 7.11 Å². The quantitative estimate of drug-likeness (QED) is 0.356. The summed E-state index contributed by atoms with van der Waals surface area (Å²) in [4.78, 5) is 11.9. The molecule has 7 heteroatoms. The van der Waals surface area contributed by atoms with Gasteiger partial charge in [-0.15, -0.1) is 0 Å². The number of nitrogen functional groups attached to an aromatic ring is 1. The van der Waals surface area contributed by atoms with Crippen LogP contribution in [0.25, 0.3) is 0 Å². The Hall–Kier alpha value is -1.63. The van der Waals surface area contributed by atoms with Crippen molar-refractivity contribution in [3.05, 3.63) is 0 Å². The van der Waals surface area contributed by atoms with Gasteiger partial charge < -0.3 is 10.1 Å². The Labute approximate surface area is 88.4 Å². The first-order chi connectivity index (χ1) is 7.30. The van der Waals surface area contributed by atoms with Gasteiger partial charge in [0, 0.05) is 6.54 Å². The summed E-state index contributed by atoms with van der Waals surface area (Å²) in [6, 6.07) is 0.233. The van der Waals surface area contributed by atoms with Crippen LogP contribution in [0.4, 0.5) is 11.9 Å². The molecular weight excluding hydrogens is 196 g/mol. The summed E-state index contributed by atoms with van der Waals surface area (Å²) in [6.45, 7) is 2.93. The average molecular weight is 212 g/mol. The molecule has 1 aromatic heterocycles. The highest BCUT2D eigenvalue weighted by atomic mass is 16.5. The fourth-order valence-corrected chi connectivity index (χ4v) is 0.968. The van der Waals surface area contributed by atoms with Crippen LogP contribution in [0, 0.1) is 0 Å². The van der Waals surface area contributed by atoms with Gasteiger partial charge in [-0.3, -0.25) is 5.43 Å². The molecule has 1 aromatic rings. The van der Waals surface area contributed by atoms with Crippen LogP contribution in [0.5, 0.6) is 6.01 Å². The summed E-state index contributed by atoms with van der Waals surface area (Å²) in [5.74, 6) is 5.95. The van der Waals surface area contributed by atoms with E-state index in [1.807, 2.05) is 0 Å². The zero-order valence-corrected chi connectivity index (χ0v) is 8.95. The molecule has 0 aromatic carbocycles. The molecule has 0 amide bonds. The smallest absolute Gasteiger partial charge is 0.322 e. The van der Waals surface area contributed by atoms with Crippen molar-refractivity contribution in [2.24, 2.45) is 5.84 Å². The number of hydrogen-bond acceptors (Lipinski definition) is 7. The maximum Gasteiger partial charge on any atom is 0.322 e. The van der Waals surface area contributed by atoms with Gasteiger partial charge in [-0.1, -0.05) is 13.3 Å². The van der Waals surface area contributed by atoms with Crippen LogP contribution in [0.15, 0.2) is 0 Å². The van der Waals surface area contributed by atoms with E-state index in [2.05, 4.69) is 32.6 Å². The highest BCUT2D eigenvalue weighted by Crippen LogP contribution is 2.09. The van der Waals surface area contributed by atoms with Crippen LogP contribution in [0.3, 0.4) is 0 Å². The highest BCUT2D eigenvalue weighted by molar-refractivity contribution is 5.34. The lowest BCUT2D eigenvalue weighted by molar-refractivity contribution is 0.379. The zero-order valence-electron chi connectivity index (χ0n) is 8.95. The predicted octanol–water partition coefficient (Wildman–Crippen LogP) is 0.378. The molecule has 0 saturated carbocycles. The Morgan fingerprint density at radius 2 is 2.00 bits per heavy atom. The molecule has 0 saturated heterocycles. The summed E-state index contributed by atoms with van der Waals surface area (Å²) >= 11 is 0. The van der Waals surface area contributed by atoms with E-state index >= 15 is 0 Å². The van der Waals surface area contributed by atoms with Gasteiger partial charge in [-0.05, 0) is 6.42 Å². The van der Waals surface area contributed by atoms with Crippen LogP contribution >= 0.6 is 0 Å². The summed E-state index contributed by atoms with van der Waals surface area (Å²) < 4.78 is 4.91. The fourth-order valence-electron chi connectivity index (χ4n) is 0.968. The lowest BCUT2D eigenvalue weighted by atomic mass is 10.3. The van der Waals surface area contributed by atoms with Crippen LogP contribution in [0.1, 0.15) is 19.8 Å². The van der Waals surface area contributed by atoms with Crippen molar-refractivity contribution >= 4 is 11.9 Å². The van der Waals surface area contributed by atoms with Crippen LogP contribution < -0.4 is 21.3 Å². The number of aromatic nitrogens is 3. The van der Waals surface area contributed by atoms with E-state index in [4.69, 9.17) is 10.6 Å². The lowest BCUT2D eigenvalue weighted by Gasteiger charge is -2.06. The molecule has 0 aliphatic heterocycles. The summed E-state index contributed by atoms with van der Waals surface area (Å²) in [6.07, 6.45) is 2.16. The van der Waals surface area contributed by atoms with Crippen molar-refractivity contribution in [3.8, 4) is 6.01 Å². The minimum atomic E-state index is 0.233. The number of unbranched alkanes of at least 4 members (excludes halogenated alkanes) is 1. The summed E-state index contributed by atoms with van der Waals surface area (Å²) in [5.41, 5.74) is 2.35. The molecule has 4 N–H and O–H groups in total. The molecule has 0 spiro atoms. The zero-order chi connectivity index (χ0) is 11.1. The fraction of sp³-hybridized carbons (Fsp3) is 0.625. The number of methoxy groups -OCH3 is 1. The molecule has 84 valence electrons. The van der Waals surface area contributed by atoms with Gasteiger partial charge in [-0.2, -0.15) is 15.0 Å². The van der Waals surface area contributed by atoms with E-state index < -0.39 is 0 Å². The first kappa shape index (κ1) is 11.4. The van der Waals surface area contributed by atoms with Gasteiger partial charge in [0.2, 0.25) is 11.9 Å². The molecular formula is C8H16N6O. The van der Waals surface area contributed by atoms with Crippen molar-refractivity contribution in [3.63, 3.8) is 0 Å². The number of anilines is 2. The number of nitrogens with one attached hydrogen (secondary N) is 2. The number of nitrogens with two attached hydrogens (primary N) is 1. The molecule has 1 rings (SSSR count). The third-order valence-electron chi connectivity index (χ3n) is 1.74. The Bertz CT molecular complexity index is 283. The third kappa shape index (κ3) is 3.55. The van der Waals surface area contributed by atoms with E-state index in [1.165, 1.54) is 7.11 Å². The molecule has 0 fully saturated rings. The Balaban J connectivity index is 2.68. The molecule has 0 aliphatic rings. The van der Waals surface area contributed by atoms with E-state index in [9.17, 15) is 0 Å². The molecule has 0 radical (unpaired) electrons. The molecule has 1 heterocycles.